The Labute approximate surface area is 191 Å². The van der Waals surface area contributed by atoms with Gasteiger partial charge in [-0.1, -0.05) is 17.7 Å². The number of carbonyl (C=O) groups excluding carboxylic acids is 2. The third-order valence-electron chi connectivity index (χ3n) is 5.25. The standard InChI is InChI=1S/C23H27ClFN3O4/c1-15-13-28(8-10-32-15)22-6-3-16(17(7-9-29)14-31-2)11-21(22)27-23(30)26-20-5-4-18(24)12-19(20)25/h3-6,9,11-12,15,17H,7-8,10,13-14H2,1-2H3,(H2,26,27,30). The number of aldehydes is 1. The van der Waals surface area contributed by atoms with Crippen LogP contribution in [0.4, 0.5) is 26.2 Å². The van der Waals surface area contributed by atoms with Crippen molar-refractivity contribution >= 4 is 41.0 Å². The van der Waals surface area contributed by atoms with Gasteiger partial charge in [0.05, 0.1) is 36.4 Å². The molecule has 7 nitrogen and oxygen atoms in total. The Bertz CT molecular complexity index is 959. The van der Waals surface area contributed by atoms with Gasteiger partial charge in [0, 0.05) is 37.6 Å². The number of hydrogen-bond acceptors (Lipinski definition) is 5. The topological polar surface area (TPSA) is 79.9 Å². The van der Waals surface area contributed by atoms with Crippen LogP contribution in [-0.4, -0.2) is 51.8 Å². The quantitative estimate of drug-likeness (QED) is 0.556. The molecular formula is C23H27ClFN3O4. The highest BCUT2D eigenvalue weighted by atomic mass is 35.5. The summed E-state index contributed by atoms with van der Waals surface area (Å²) < 4.78 is 25.0. The molecule has 2 atom stereocenters. The van der Waals surface area contributed by atoms with Crippen LogP contribution in [-0.2, 0) is 14.3 Å². The molecule has 0 bridgehead atoms. The highest BCUT2D eigenvalue weighted by Gasteiger charge is 2.22. The van der Waals surface area contributed by atoms with Crippen LogP contribution in [0.3, 0.4) is 0 Å². The summed E-state index contributed by atoms with van der Waals surface area (Å²) in [7, 11) is 1.58. The van der Waals surface area contributed by atoms with E-state index in [0.29, 0.717) is 38.4 Å². The van der Waals surface area contributed by atoms with Crippen LogP contribution < -0.4 is 15.5 Å². The first-order valence-electron chi connectivity index (χ1n) is 10.4. The Morgan fingerprint density at radius 1 is 1.31 bits per heavy atom. The van der Waals surface area contributed by atoms with Crippen molar-refractivity contribution in [2.75, 3.05) is 48.9 Å². The monoisotopic (exact) mass is 463 g/mol. The molecule has 172 valence electrons. The molecule has 1 heterocycles. The minimum Gasteiger partial charge on any atom is -0.384 e. The van der Waals surface area contributed by atoms with Gasteiger partial charge in [-0.2, -0.15) is 0 Å². The Morgan fingerprint density at radius 3 is 2.78 bits per heavy atom. The average molecular weight is 464 g/mol. The van der Waals surface area contributed by atoms with E-state index >= 15 is 0 Å². The molecule has 2 aromatic carbocycles. The molecule has 1 aliphatic heterocycles. The summed E-state index contributed by atoms with van der Waals surface area (Å²) in [6.07, 6.45) is 1.19. The Kier molecular flexibility index (Phi) is 8.44. The van der Waals surface area contributed by atoms with Crippen molar-refractivity contribution in [1.82, 2.24) is 0 Å². The molecule has 1 aliphatic rings. The van der Waals surface area contributed by atoms with E-state index < -0.39 is 11.8 Å². The van der Waals surface area contributed by atoms with Gasteiger partial charge in [-0.15, -0.1) is 0 Å². The highest BCUT2D eigenvalue weighted by molar-refractivity contribution is 6.30. The number of nitrogens with one attached hydrogen (secondary N) is 2. The number of morpholine rings is 1. The van der Waals surface area contributed by atoms with Gasteiger partial charge in [0.1, 0.15) is 12.1 Å². The summed E-state index contributed by atoms with van der Waals surface area (Å²) in [5.74, 6) is -0.776. The zero-order chi connectivity index (χ0) is 23.1. The van der Waals surface area contributed by atoms with Crippen molar-refractivity contribution in [2.45, 2.75) is 25.4 Å². The van der Waals surface area contributed by atoms with Crippen molar-refractivity contribution in [2.24, 2.45) is 0 Å². The lowest BCUT2D eigenvalue weighted by atomic mass is 9.96. The van der Waals surface area contributed by atoms with Crippen LogP contribution in [0.25, 0.3) is 0 Å². The minimum atomic E-state index is -0.630. The number of hydrogen-bond donors (Lipinski definition) is 2. The number of ether oxygens (including phenoxy) is 2. The first-order valence-corrected chi connectivity index (χ1v) is 10.7. The predicted octanol–water partition coefficient (Wildman–Crippen LogP) is 4.67. The zero-order valence-corrected chi connectivity index (χ0v) is 18.8. The molecule has 9 heteroatoms. The summed E-state index contributed by atoms with van der Waals surface area (Å²) in [5.41, 5.74) is 2.24. The van der Waals surface area contributed by atoms with E-state index in [1.54, 1.807) is 7.11 Å². The van der Waals surface area contributed by atoms with Gasteiger partial charge in [-0.05, 0) is 42.8 Å². The fraction of sp³-hybridized carbons (Fsp3) is 0.391. The number of carbonyl (C=O) groups is 2. The fourth-order valence-electron chi connectivity index (χ4n) is 3.71. The maximum absolute atomic E-state index is 14.1. The molecule has 2 N–H and O–H groups in total. The van der Waals surface area contributed by atoms with E-state index in [0.717, 1.165) is 23.6 Å². The number of halogens is 2. The van der Waals surface area contributed by atoms with Crippen LogP contribution in [0.5, 0.6) is 0 Å². The third kappa shape index (κ3) is 6.18. The second kappa shape index (κ2) is 11.3. The number of urea groups is 1. The van der Waals surface area contributed by atoms with Gasteiger partial charge in [0.2, 0.25) is 0 Å². The van der Waals surface area contributed by atoms with Crippen molar-refractivity contribution in [3.05, 3.63) is 52.8 Å². The summed E-state index contributed by atoms with van der Waals surface area (Å²) >= 11 is 5.78. The number of methoxy groups -OCH3 is 1. The first kappa shape index (κ1) is 24.0. The van der Waals surface area contributed by atoms with E-state index in [1.807, 2.05) is 25.1 Å². The third-order valence-corrected chi connectivity index (χ3v) is 5.48. The molecule has 2 aromatic rings. The smallest absolute Gasteiger partial charge is 0.323 e. The van der Waals surface area contributed by atoms with Gasteiger partial charge >= 0.3 is 6.03 Å². The lowest BCUT2D eigenvalue weighted by Crippen LogP contribution is -2.41. The zero-order valence-electron chi connectivity index (χ0n) is 18.1. The summed E-state index contributed by atoms with van der Waals surface area (Å²) in [6.45, 7) is 4.26. The average Bonchev–Trinajstić information content (AvgIpc) is 2.75. The van der Waals surface area contributed by atoms with E-state index in [9.17, 15) is 14.0 Å². The van der Waals surface area contributed by atoms with Gasteiger partial charge in [0.25, 0.3) is 0 Å². The number of anilines is 3. The van der Waals surface area contributed by atoms with E-state index in [-0.39, 0.29) is 22.7 Å². The maximum atomic E-state index is 14.1. The van der Waals surface area contributed by atoms with E-state index in [1.165, 1.54) is 12.1 Å². The van der Waals surface area contributed by atoms with Gasteiger partial charge < -0.3 is 29.8 Å². The largest absolute Gasteiger partial charge is 0.384 e. The molecule has 0 aliphatic carbocycles. The van der Waals surface area contributed by atoms with Crippen LogP contribution in [0, 0.1) is 5.82 Å². The first-order chi connectivity index (χ1) is 15.4. The molecule has 1 fully saturated rings. The number of amides is 2. The molecule has 0 spiro atoms. The minimum absolute atomic E-state index is 0.0165. The summed E-state index contributed by atoms with van der Waals surface area (Å²) in [4.78, 5) is 26.0. The van der Waals surface area contributed by atoms with Crippen LogP contribution in [0.15, 0.2) is 36.4 Å². The van der Waals surface area contributed by atoms with Gasteiger partial charge in [0.15, 0.2) is 0 Å². The highest BCUT2D eigenvalue weighted by Crippen LogP contribution is 2.32. The molecule has 3 rings (SSSR count). The lowest BCUT2D eigenvalue weighted by Gasteiger charge is -2.34. The number of nitrogens with zero attached hydrogens (tertiary/aromatic N) is 1. The SMILES string of the molecule is COCC(CC=O)c1ccc(N2CCOC(C)C2)c(NC(=O)Nc2ccc(Cl)cc2F)c1. The molecule has 0 aromatic heterocycles. The second-order valence-corrected chi connectivity index (χ2v) is 8.10. The molecule has 2 unspecified atom stereocenters. The molecule has 32 heavy (non-hydrogen) atoms. The number of benzene rings is 2. The van der Waals surface area contributed by atoms with Crippen molar-refractivity contribution in [3.63, 3.8) is 0 Å². The predicted molar refractivity (Wildman–Crippen MR) is 123 cm³/mol. The summed E-state index contributed by atoms with van der Waals surface area (Å²) in [6, 6.07) is 9.12. The van der Waals surface area contributed by atoms with Gasteiger partial charge in [-0.25, -0.2) is 9.18 Å². The van der Waals surface area contributed by atoms with E-state index in [4.69, 9.17) is 21.1 Å². The Hall–Kier alpha value is -2.68. The fourth-order valence-corrected chi connectivity index (χ4v) is 3.86. The Morgan fingerprint density at radius 2 is 2.09 bits per heavy atom. The normalized spacial score (nSPS) is 17.0. The van der Waals surface area contributed by atoms with Crippen LogP contribution >= 0.6 is 11.6 Å². The molecule has 1 saturated heterocycles. The van der Waals surface area contributed by atoms with Crippen LogP contribution in [0.2, 0.25) is 5.02 Å². The molecule has 0 radical (unpaired) electrons. The van der Waals surface area contributed by atoms with Gasteiger partial charge in [-0.3, -0.25) is 0 Å². The molecular weight excluding hydrogens is 437 g/mol. The second-order valence-electron chi connectivity index (χ2n) is 7.66. The lowest BCUT2D eigenvalue weighted by molar-refractivity contribution is -0.108. The molecule has 0 saturated carbocycles. The van der Waals surface area contributed by atoms with Crippen molar-refractivity contribution in [3.8, 4) is 0 Å². The van der Waals surface area contributed by atoms with E-state index in [2.05, 4.69) is 15.5 Å². The Balaban J connectivity index is 1.89. The van der Waals surface area contributed by atoms with Crippen LogP contribution in [0.1, 0.15) is 24.8 Å². The maximum Gasteiger partial charge on any atom is 0.323 e. The van der Waals surface area contributed by atoms with Crippen molar-refractivity contribution in [1.29, 1.82) is 0 Å². The number of rotatable bonds is 8. The van der Waals surface area contributed by atoms with Crippen molar-refractivity contribution < 1.29 is 23.5 Å². The molecule has 2 amide bonds. The summed E-state index contributed by atoms with van der Waals surface area (Å²) in [5, 5.41) is 5.59.